The van der Waals surface area contributed by atoms with Gasteiger partial charge in [0, 0.05) is 11.4 Å². The van der Waals surface area contributed by atoms with Crippen LogP contribution in [-0.2, 0) is 9.53 Å². The van der Waals surface area contributed by atoms with E-state index in [1.165, 1.54) is 11.3 Å². The molecule has 0 aliphatic carbocycles. The summed E-state index contributed by atoms with van der Waals surface area (Å²) in [6, 6.07) is 1.87. The van der Waals surface area contributed by atoms with Gasteiger partial charge in [-0.2, -0.15) is 0 Å². The van der Waals surface area contributed by atoms with Crippen molar-refractivity contribution >= 4 is 23.2 Å². The van der Waals surface area contributed by atoms with E-state index in [9.17, 15) is 9.59 Å². The molecule has 1 aromatic heterocycles. The maximum Gasteiger partial charge on any atom is 0.332 e. The Morgan fingerprint density at radius 2 is 2.21 bits per heavy atom. The first-order chi connectivity index (χ1) is 8.97. The van der Waals surface area contributed by atoms with Crippen molar-refractivity contribution in [2.75, 3.05) is 6.54 Å². The summed E-state index contributed by atoms with van der Waals surface area (Å²) in [7, 11) is 0. The number of hydrogen-bond donors (Lipinski definition) is 2. The molecular weight excluding hydrogens is 266 g/mol. The molecule has 2 N–H and O–H groups in total. The average Bonchev–Trinajstić information content (AvgIpc) is 2.94. The van der Waals surface area contributed by atoms with Crippen molar-refractivity contribution < 1.29 is 19.4 Å². The number of amides is 1. The summed E-state index contributed by atoms with van der Waals surface area (Å²) in [5.74, 6) is -1.05. The topological polar surface area (TPSA) is 75.6 Å². The fourth-order valence-electron chi connectivity index (χ4n) is 2.02. The van der Waals surface area contributed by atoms with Crippen LogP contribution in [0.2, 0.25) is 0 Å². The first-order valence-electron chi connectivity index (χ1n) is 6.21. The molecule has 2 rings (SSSR count). The van der Waals surface area contributed by atoms with Crippen LogP contribution >= 0.6 is 11.3 Å². The van der Waals surface area contributed by atoms with Gasteiger partial charge in [0.25, 0.3) is 5.91 Å². The van der Waals surface area contributed by atoms with Gasteiger partial charge in [-0.25, -0.2) is 4.79 Å². The summed E-state index contributed by atoms with van der Waals surface area (Å²) in [5.41, 5.74) is 1.11. The lowest BCUT2D eigenvalue weighted by atomic mass is 10.2. The maximum absolute atomic E-state index is 11.9. The van der Waals surface area contributed by atoms with Crippen LogP contribution in [0.15, 0.2) is 6.07 Å². The Bertz CT molecular complexity index is 477. The number of ether oxygens (including phenoxy) is 1. The van der Waals surface area contributed by atoms with E-state index in [1.807, 2.05) is 19.9 Å². The monoisotopic (exact) mass is 283 g/mol. The average molecular weight is 283 g/mol. The van der Waals surface area contributed by atoms with Crippen molar-refractivity contribution in [2.45, 2.75) is 38.9 Å². The van der Waals surface area contributed by atoms with Gasteiger partial charge in [-0.3, -0.25) is 4.79 Å². The van der Waals surface area contributed by atoms with E-state index in [0.29, 0.717) is 24.3 Å². The lowest BCUT2D eigenvalue weighted by Crippen LogP contribution is -2.32. The Labute approximate surface area is 115 Å². The number of aliphatic carboxylic acids is 1. The molecular formula is C13H17NO4S. The Morgan fingerprint density at radius 1 is 1.47 bits per heavy atom. The Kier molecular flexibility index (Phi) is 4.21. The summed E-state index contributed by atoms with van der Waals surface area (Å²) >= 11 is 1.46. The number of carbonyl (C=O) groups excluding carboxylic acids is 1. The molecule has 0 bridgehead atoms. The molecule has 0 aromatic carbocycles. The molecule has 2 atom stereocenters. The third kappa shape index (κ3) is 3.33. The molecule has 19 heavy (non-hydrogen) atoms. The third-order valence-corrected chi connectivity index (χ3v) is 4.41. The van der Waals surface area contributed by atoms with Crippen LogP contribution in [0.4, 0.5) is 0 Å². The summed E-state index contributed by atoms with van der Waals surface area (Å²) in [6.07, 6.45) is 0.243. The van der Waals surface area contributed by atoms with Crippen LogP contribution < -0.4 is 5.32 Å². The molecule has 1 aromatic rings. The standard InChI is InChI=1S/C13H17NO4S/c1-7-5-11(19-8(7)2)12(15)14-6-9-3-4-10(18-9)13(16)17/h5,9-10H,3-4,6H2,1-2H3,(H,14,15)(H,16,17). The van der Waals surface area contributed by atoms with Gasteiger partial charge in [0.2, 0.25) is 0 Å². The highest BCUT2D eigenvalue weighted by molar-refractivity contribution is 7.14. The van der Waals surface area contributed by atoms with Crippen LogP contribution in [0.3, 0.4) is 0 Å². The SMILES string of the molecule is Cc1cc(C(=O)NCC2CCC(C(=O)O)O2)sc1C. The number of thiophene rings is 1. The lowest BCUT2D eigenvalue weighted by Gasteiger charge is -2.11. The van der Waals surface area contributed by atoms with Crippen molar-refractivity contribution in [3.63, 3.8) is 0 Å². The summed E-state index contributed by atoms with van der Waals surface area (Å²) in [6.45, 7) is 4.31. The zero-order chi connectivity index (χ0) is 14.0. The lowest BCUT2D eigenvalue weighted by molar-refractivity contribution is -0.149. The van der Waals surface area contributed by atoms with E-state index in [0.717, 1.165) is 10.4 Å². The van der Waals surface area contributed by atoms with Crippen molar-refractivity contribution in [3.05, 3.63) is 21.4 Å². The van der Waals surface area contributed by atoms with Crippen molar-refractivity contribution in [1.82, 2.24) is 5.32 Å². The molecule has 104 valence electrons. The highest BCUT2D eigenvalue weighted by Gasteiger charge is 2.30. The van der Waals surface area contributed by atoms with Gasteiger partial charge >= 0.3 is 5.97 Å². The van der Waals surface area contributed by atoms with Crippen LogP contribution in [0.1, 0.15) is 33.0 Å². The number of rotatable bonds is 4. The molecule has 5 nitrogen and oxygen atoms in total. The van der Waals surface area contributed by atoms with E-state index in [4.69, 9.17) is 9.84 Å². The minimum Gasteiger partial charge on any atom is -0.479 e. The molecule has 1 saturated heterocycles. The Morgan fingerprint density at radius 3 is 2.74 bits per heavy atom. The fraction of sp³-hybridized carbons (Fsp3) is 0.538. The van der Waals surface area contributed by atoms with Gasteiger partial charge in [-0.05, 0) is 38.3 Å². The molecule has 1 aliphatic rings. The highest BCUT2D eigenvalue weighted by Crippen LogP contribution is 2.21. The van der Waals surface area contributed by atoms with Crippen molar-refractivity contribution in [2.24, 2.45) is 0 Å². The smallest absolute Gasteiger partial charge is 0.332 e. The molecule has 2 unspecified atom stereocenters. The zero-order valence-electron chi connectivity index (χ0n) is 10.9. The summed E-state index contributed by atoms with van der Waals surface area (Å²) in [4.78, 5) is 24.5. The quantitative estimate of drug-likeness (QED) is 0.882. The first kappa shape index (κ1) is 14.0. The summed E-state index contributed by atoms with van der Waals surface area (Å²) in [5, 5.41) is 11.6. The molecule has 1 amide bonds. The zero-order valence-corrected chi connectivity index (χ0v) is 11.8. The fourth-order valence-corrected chi connectivity index (χ4v) is 2.97. The van der Waals surface area contributed by atoms with E-state index in [2.05, 4.69) is 5.32 Å². The second-order valence-electron chi connectivity index (χ2n) is 4.72. The molecule has 1 fully saturated rings. The van der Waals surface area contributed by atoms with Crippen molar-refractivity contribution in [1.29, 1.82) is 0 Å². The van der Waals surface area contributed by atoms with Crippen LogP contribution in [0.25, 0.3) is 0 Å². The number of hydrogen-bond acceptors (Lipinski definition) is 4. The second kappa shape index (κ2) is 5.71. The third-order valence-electron chi connectivity index (χ3n) is 3.26. The van der Waals surface area contributed by atoms with E-state index >= 15 is 0 Å². The number of nitrogens with one attached hydrogen (secondary N) is 1. The normalized spacial score (nSPS) is 22.4. The maximum atomic E-state index is 11.9. The minimum absolute atomic E-state index is 0.122. The van der Waals surface area contributed by atoms with E-state index in [-0.39, 0.29) is 12.0 Å². The molecule has 0 spiro atoms. The predicted molar refractivity (Wildman–Crippen MR) is 71.7 cm³/mol. The van der Waals surface area contributed by atoms with E-state index < -0.39 is 12.1 Å². The highest BCUT2D eigenvalue weighted by atomic mass is 32.1. The summed E-state index contributed by atoms with van der Waals surface area (Å²) < 4.78 is 5.33. The van der Waals surface area contributed by atoms with E-state index in [1.54, 1.807) is 0 Å². The van der Waals surface area contributed by atoms with Crippen LogP contribution in [-0.4, -0.2) is 35.7 Å². The first-order valence-corrected chi connectivity index (χ1v) is 7.02. The van der Waals surface area contributed by atoms with Gasteiger partial charge in [0.15, 0.2) is 6.10 Å². The molecule has 0 saturated carbocycles. The second-order valence-corrected chi connectivity index (χ2v) is 5.98. The number of carbonyl (C=O) groups is 2. The molecule has 2 heterocycles. The van der Waals surface area contributed by atoms with Gasteiger partial charge in [0.1, 0.15) is 0 Å². The number of carboxylic acids is 1. The Hall–Kier alpha value is -1.40. The van der Waals surface area contributed by atoms with Gasteiger partial charge < -0.3 is 15.2 Å². The van der Waals surface area contributed by atoms with Gasteiger partial charge in [-0.15, -0.1) is 11.3 Å². The Balaban J connectivity index is 1.83. The molecule has 0 radical (unpaired) electrons. The number of carboxylic acid groups (broad SMARTS) is 1. The molecule has 1 aliphatic heterocycles. The minimum atomic E-state index is -0.932. The van der Waals surface area contributed by atoms with Crippen molar-refractivity contribution in [3.8, 4) is 0 Å². The largest absolute Gasteiger partial charge is 0.479 e. The van der Waals surface area contributed by atoms with Gasteiger partial charge in [-0.1, -0.05) is 0 Å². The van der Waals surface area contributed by atoms with Gasteiger partial charge in [0.05, 0.1) is 11.0 Å². The van der Waals surface area contributed by atoms with Crippen LogP contribution in [0.5, 0.6) is 0 Å². The number of aryl methyl sites for hydroxylation is 2. The van der Waals surface area contributed by atoms with Crippen LogP contribution in [0, 0.1) is 13.8 Å². The predicted octanol–water partition coefficient (Wildman–Crippen LogP) is 1.73. The molecule has 6 heteroatoms.